The average Bonchev–Trinajstić information content (AvgIpc) is 3.01. The van der Waals surface area contributed by atoms with E-state index in [1.165, 1.54) is 5.69 Å². The molecule has 0 amide bonds. The second-order valence-electron chi connectivity index (χ2n) is 4.92. The highest BCUT2D eigenvalue weighted by atomic mass is 35.5. The first-order valence-corrected chi connectivity index (χ1v) is 7.25. The van der Waals surface area contributed by atoms with Gasteiger partial charge in [0.15, 0.2) is 5.82 Å². The molecular formula is C14H23Cl2N5O. The molecule has 1 aliphatic heterocycles. The first kappa shape index (κ1) is 19.0. The van der Waals surface area contributed by atoms with Crippen molar-refractivity contribution in [3.05, 3.63) is 24.2 Å². The van der Waals surface area contributed by atoms with Crippen LogP contribution in [0, 0.1) is 0 Å². The van der Waals surface area contributed by atoms with E-state index in [2.05, 4.69) is 25.6 Å². The third-order valence-corrected chi connectivity index (χ3v) is 3.52. The van der Waals surface area contributed by atoms with Crippen LogP contribution in [-0.4, -0.2) is 39.1 Å². The lowest BCUT2D eigenvalue weighted by atomic mass is 10.3. The number of imidazole rings is 1. The Labute approximate surface area is 143 Å². The molecule has 0 aromatic carbocycles. The standard InChI is InChI=1S/C14H21N5O.2ClH/c1-2-20-9-8-18-7-5-16-14(18)13-10-12-11-15-4-3-6-19(12)17-13;;/h5,7,10,15H,2-4,6,8-9,11H2,1H3;2*1H. The van der Waals surface area contributed by atoms with Gasteiger partial charge in [0.25, 0.3) is 0 Å². The number of halogens is 2. The van der Waals surface area contributed by atoms with Crippen molar-refractivity contribution in [3.8, 4) is 11.5 Å². The second kappa shape index (κ2) is 9.15. The molecule has 0 fully saturated rings. The van der Waals surface area contributed by atoms with Crippen LogP contribution in [0.3, 0.4) is 0 Å². The molecule has 0 radical (unpaired) electrons. The SMILES string of the molecule is CCOCCn1ccnc1-c1cc2n(n1)CCCNC2.Cl.Cl. The highest BCUT2D eigenvalue weighted by Gasteiger charge is 2.15. The molecule has 0 unspecified atom stereocenters. The lowest BCUT2D eigenvalue weighted by molar-refractivity contribution is 0.139. The van der Waals surface area contributed by atoms with Gasteiger partial charge < -0.3 is 14.6 Å². The fraction of sp³-hybridized carbons (Fsp3) is 0.571. The summed E-state index contributed by atoms with van der Waals surface area (Å²) in [5, 5.41) is 8.11. The molecule has 3 rings (SSSR count). The van der Waals surface area contributed by atoms with Gasteiger partial charge in [-0.1, -0.05) is 0 Å². The van der Waals surface area contributed by atoms with Crippen molar-refractivity contribution in [1.82, 2.24) is 24.6 Å². The lowest BCUT2D eigenvalue weighted by Crippen LogP contribution is -2.11. The topological polar surface area (TPSA) is 56.9 Å². The number of ether oxygens (including phenoxy) is 1. The van der Waals surface area contributed by atoms with Gasteiger partial charge in [-0.25, -0.2) is 4.98 Å². The molecule has 0 bridgehead atoms. The third-order valence-electron chi connectivity index (χ3n) is 3.52. The number of aromatic nitrogens is 4. The summed E-state index contributed by atoms with van der Waals surface area (Å²) in [4.78, 5) is 4.44. The van der Waals surface area contributed by atoms with Crippen LogP contribution in [0.1, 0.15) is 19.0 Å². The van der Waals surface area contributed by atoms with Crippen LogP contribution in [0.25, 0.3) is 11.5 Å². The van der Waals surface area contributed by atoms with Crippen LogP contribution >= 0.6 is 24.8 Å². The van der Waals surface area contributed by atoms with Crippen molar-refractivity contribution in [2.45, 2.75) is 33.0 Å². The van der Waals surface area contributed by atoms with E-state index in [-0.39, 0.29) is 24.8 Å². The largest absolute Gasteiger partial charge is 0.380 e. The molecule has 0 spiro atoms. The Bertz CT molecular complexity index is 546. The Morgan fingerprint density at radius 3 is 3.05 bits per heavy atom. The molecule has 0 saturated heterocycles. The second-order valence-corrected chi connectivity index (χ2v) is 4.92. The predicted octanol–water partition coefficient (Wildman–Crippen LogP) is 2.12. The maximum absolute atomic E-state index is 5.41. The molecule has 2 aromatic rings. The Balaban J connectivity index is 0.00000121. The van der Waals surface area contributed by atoms with Crippen LogP contribution in [0.4, 0.5) is 0 Å². The molecule has 6 nitrogen and oxygen atoms in total. The van der Waals surface area contributed by atoms with E-state index in [1.807, 2.05) is 19.3 Å². The Hall–Kier alpha value is -1.08. The Kier molecular flexibility index (Phi) is 7.89. The van der Waals surface area contributed by atoms with Gasteiger partial charge in [0.2, 0.25) is 0 Å². The molecule has 0 atom stereocenters. The van der Waals surface area contributed by atoms with E-state index in [0.29, 0.717) is 6.61 Å². The predicted molar refractivity (Wildman–Crippen MR) is 90.8 cm³/mol. The number of nitrogens with one attached hydrogen (secondary N) is 1. The fourth-order valence-electron chi connectivity index (χ4n) is 2.50. The average molecular weight is 348 g/mol. The number of aryl methyl sites for hydroxylation is 1. The van der Waals surface area contributed by atoms with E-state index in [9.17, 15) is 0 Å². The summed E-state index contributed by atoms with van der Waals surface area (Å²) in [7, 11) is 0. The highest BCUT2D eigenvalue weighted by Crippen LogP contribution is 2.19. The molecule has 124 valence electrons. The summed E-state index contributed by atoms with van der Waals surface area (Å²) in [6, 6.07) is 2.14. The van der Waals surface area contributed by atoms with Gasteiger partial charge in [-0.3, -0.25) is 4.68 Å². The molecular weight excluding hydrogens is 325 g/mol. The number of fused-ring (bicyclic) bond motifs is 1. The zero-order valence-corrected chi connectivity index (χ0v) is 14.3. The van der Waals surface area contributed by atoms with Crippen molar-refractivity contribution >= 4 is 24.8 Å². The molecule has 1 N–H and O–H groups in total. The van der Waals surface area contributed by atoms with Crippen molar-refractivity contribution in [2.24, 2.45) is 0 Å². The van der Waals surface area contributed by atoms with Gasteiger partial charge in [0.05, 0.1) is 12.3 Å². The smallest absolute Gasteiger partial charge is 0.160 e. The first-order valence-electron chi connectivity index (χ1n) is 7.25. The molecule has 1 aliphatic rings. The minimum absolute atomic E-state index is 0. The molecule has 22 heavy (non-hydrogen) atoms. The summed E-state index contributed by atoms with van der Waals surface area (Å²) in [5.41, 5.74) is 2.18. The minimum Gasteiger partial charge on any atom is -0.380 e. The van der Waals surface area contributed by atoms with E-state index >= 15 is 0 Å². The Morgan fingerprint density at radius 1 is 1.36 bits per heavy atom. The van der Waals surface area contributed by atoms with Crippen LogP contribution in [0.5, 0.6) is 0 Å². The van der Waals surface area contributed by atoms with Crippen LogP contribution < -0.4 is 5.32 Å². The zero-order chi connectivity index (χ0) is 13.8. The van der Waals surface area contributed by atoms with Gasteiger partial charge >= 0.3 is 0 Å². The Morgan fingerprint density at radius 2 is 2.23 bits per heavy atom. The monoisotopic (exact) mass is 347 g/mol. The maximum Gasteiger partial charge on any atom is 0.160 e. The van der Waals surface area contributed by atoms with Crippen molar-refractivity contribution in [3.63, 3.8) is 0 Å². The molecule has 3 heterocycles. The van der Waals surface area contributed by atoms with E-state index < -0.39 is 0 Å². The van der Waals surface area contributed by atoms with Crippen LogP contribution in [0.2, 0.25) is 0 Å². The number of nitrogens with zero attached hydrogens (tertiary/aromatic N) is 4. The van der Waals surface area contributed by atoms with Crippen LogP contribution in [-0.2, 0) is 24.4 Å². The summed E-state index contributed by atoms with van der Waals surface area (Å²) in [6.07, 6.45) is 4.92. The fourth-order valence-corrected chi connectivity index (χ4v) is 2.50. The lowest BCUT2D eigenvalue weighted by Gasteiger charge is -2.06. The van der Waals surface area contributed by atoms with E-state index in [0.717, 1.165) is 50.7 Å². The number of hydrogen-bond acceptors (Lipinski definition) is 4. The summed E-state index contributed by atoms with van der Waals surface area (Å²) in [6.45, 7) is 7.18. The van der Waals surface area contributed by atoms with Crippen molar-refractivity contribution in [2.75, 3.05) is 19.8 Å². The summed E-state index contributed by atoms with van der Waals surface area (Å²) >= 11 is 0. The molecule has 0 saturated carbocycles. The van der Waals surface area contributed by atoms with Crippen molar-refractivity contribution in [1.29, 1.82) is 0 Å². The van der Waals surface area contributed by atoms with E-state index in [1.54, 1.807) is 0 Å². The third kappa shape index (κ3) is 4.23. The molecule has 2 aromatic heterocycles. The first-order chi connectivity index (χ1) is 9.88. The zero-order valence-electron chi connectivity index (χ0n) is 12.7. The highest BCUT2D eigenvalue weighted by molar-refractivity contribution is 5.85. The van der Waals surface area contributed by atoms with Gasteiger partial charge in [0, 0.05) is 38.6 Å². The van der Waals surface area contributed by atoms with Gasteiger partial charge in [0.1, 0.15) is 5.69 Å². The van der Waals surface area contributed by atoms with Gasteiger partial charge in [-0.2, -0.15) is 5.10 Å². The molecule has 0 aliphatic carbocycles. The normalized spacial score (nSPS) is 13.7. The maximum atomic E-state index is 5.41. The van der Waals surface area contributed by atoms with Crippen LogP contribution in [0.15, 0.2) is 18.5 Å². The van der Waals surface area contributed by atoms with Gasteiger partial charge in [-0.15, -0.1) is 24.8 Å². The summed E-state index contributed by atoms with van der Waals surface area (Å²) in [5.74, 6) is 0.922. The number of hydrogen-bond donors (Lipinski definition) is 1. The quantitative estimate of drug-likeness (QED) is 0.841. The van der Waals surface area contributed by atoms with Gasteiger partial charge in [-0.05, 0) is 26.0 Å². The van der Waals surface area contributed by atoms with E-state index in [4.69, 9.17) is 9.84 Å². The number of rotatable bonds is 5. The minimum atomic E-state index is 0. The van der Waals surface area contributed by atoms with Crippen molar-refractivity contribution < 1.29 is 4.74 Å². The molecule has 8 heteroatoms. The summed E-state index contributed by atoms with van der Waals surface area (Å²) < 4.78 is 9.61.